The van der Waals surface area contributed by atoms with Crippen molar-refractivity contribution < 1.29 is 8.42 Å². The highest BCUT2D eigenvalue weighted by Gasteiger charge is 2.07. The quantitative estimate of drug-likeness (QED) is 0.787. The fraction of sp³-hybridized carbons (Fsp3) is 0.200. The predicted molar refractivity (Wildman–Crippen MR) is 78.3 cm³/mol. The third kappa shape index (κ3) is 5.15. The monoisotopic (exact) mass is 316 g/mol. The molecule has 0 unspecified atom stereocenters. The van der Waals surface area contributed by atoms with Gasteiger partial charge in [0.05, 0.1) is 5.75 Å². The first-order valence-electron chi connectivity index (χ1n) is 5.32. The number of aromatic nitrogens is 2. The zero-order valence-corrected chi connectivity index (χ0v) is 12.3. The summed E-state index contributed by atoms with van der Waals surface area (Å²) in [5, 5.41) is 16.7. The summed E-state index contributed by atoms with van der Waals surface area (Å²) in [6.07, 6.45) is 0. The Balaban J connectivity index is 1.89. The van der Waals surface area contributed by atoms with Crippen molar-refractivity contribution in [2.24, 2.45) is 5.14 Å². The summed E-state index contributed by atoms with van der Waals surface area (Å²) in [4.78, 5) is 0. The van der Waals surface area contributed by atoms with Crippen LogP contribution in [-0.4, -0.2) is 30.1 Å². The molecule has 0 amide bonds. The number of para-hydroxylation sites is 1. The van der Waals surface area contributed by atoms with Gasteiger partial charge in [-0.25, -0.2) is 13.6 Å². The number of thioether (sulfide) groups is 1. The van der Waals surface area contributed by atoms with Crippen LogP contribution < -0.4 is 10.5 Å². The summed E-state index contributed by atoms with van der Waals surface area (Å²) in [5.74, 6) is 0.303. The molecule has 9 heteroatoms. The molecule has 0 saturated heterocycles. The lowest BCUT2D eigenvalue weighted by Gasteiger charge is -1.99. The fourth-order valence-corrected chi connectivity index (χ4v) is 3.96. The molecule has 0 radical (unpaired) electrons. The van der Waals surface area contributed by atoms with Crippen molar-refractivity contribution in [1.29, 1.82) is 0 Å². The SMILES string of the molecule is NS(=O)(=O)CCSc1nnc(Nc2ccccc2)s1. The van der Waals surface area contributed by atoms with E-state index >= 15 is 0 Å². The average molecular weight is 316 g/mol. The lowest BCUT2D eigenvalue weighted by Crippen LogP contribution is -2.17. The summed E-state index contributed by atoms with van der Waals surface area (Å²) in [6, 6.07) is 9.63. The minimum Gasteiger partial charge on any atom is -0.330 e. The number of hydrogen-bond acceptors (Lipinski definition) is 7. The number of nitrogens with one attached hydrogen (secondary N) is 1. The van der Waals surface area contributed by atoms with Gasteiger partial charge >= 0.3 is 0 Å². The Hall–Kier alpha value is -1.16. The van der Waals surface area contributed by atoms with Gasteiger partial charge in [-0.05, 0) is 12.1 Å². The van der Waals surface area contributed by atoms with Crippen molar-refractivity contribution in [3.05, 3.63) is 30.3 Å². The second-order valence-corrected chi connectivity index (χ2v) is 7.63. The van der Waals surface area contributed by atoms with Crippen LogP contribution in [0, 0.1) is 0 Å². The first-order valence-corrected chi connectivity index (χ1v) is 8.83. The summed E-state index contributed by atoms with van der Waals surface area (Å²) in [5.41, 5.74) is 0.930. The van der Waals surface area contributed by atoms with Gasteiger partial charge in [0.25, 0.3) is 0 Å². The van der Waals surface area contributed by atoms with Crippen molar-refractivity contribution in [2.75, 3.05) is 16.8 Å². The van der Waals surface area contributed by atoms with Crippen LogP contribution in [0.5, 0.6) is 0 Å². The number of hydrogen-bond donors (Lipinski definition) is 2. The zero-order valence-electron chi connectivity index (χ0n) is 9.81. The zero-order chi connectivity index (χ0) is 13.7. The Morgan fingerprint density at radius 1 is 1.26 bits per heavy atom. The molecule has 6 nitrogen and oxygen atoms in total. The first-order chi connectivity index (χ1) is 9.03. The van der Waals surface area contributed by atoms with Crippen LogP contribution in [0.4, 0.5) is 10.8 Å². The van der Waals surface area contributed by atoms with Crippen molar-refractivity contribution in [2.45, 2.75) is 4.34 Å². The Morgan fingerprint density at radius 2 is 2.00 bits per heavy atom. The Morgan fingerprint density at radius 3 is 2.68 bits per heavy atom. The smallest absolute Gasteiger partial charge is 0.210 e. The van der Waals surface area contributed by atoms with Crippen molar-refractivity contribution in [3.8, 4) is 0 Å². The van der Waals surface area contributed by atoms with E-state index in [-0.39, 0.29) is 5.75 Å². The Bertz CT molecular complexity index is 627. The number of rotatable bonds is 6. The first kappa shape index (κ1) is 14.3. The Kier molecular flexibility index (Phi) is 4.75. The maximum Gasteiger partial charge on any atom is 0.210 e. The summed E-state index contributed by atoms with van der Waals surface area (Å²) in [7, 11) is -3.42. The molecule has 1 heterocycles. The molecule has 2 rings (SSSR count). The van der Waals surface area contributed by atoms with Crippen LogP contribution in [0.25, 0.3) is 0 Å². The molecule has 0 atom stereocenters. The molecule has 0 aliphatic rings. The average Bonchev–Trinajstić information content (AvgIpc) is 2.76. The molecule has 0 saturated carbocycles. The van der Waals surface area contributed by atoms with Crippen molar-refractivity contribution in [1.82, 2.24) is 10.2 Å². The molecule has 0 aliphatic heterocycles. The number of benzene rings is 1. The number of anilines is 2. The van der Waals surface area contributed by atoms with Gasteiger partial charge in [0.2, 0.25) is 15.2 Å². The maximum absolute atomic E-state index is 10.8. The molecule has 1 aromatic heterocycles. The van der Waals surface area contributed by atoms with Gasteiger partial charge in [0.1, 0.15) is 0 Å². The minimum absolute atomic E-state index is 0.0707. The molecule has 0 bridgehead atoms. The van der Waals surface area contributed by atoms with Gasteiger partial charge < -0.3 is 5.32 Å². The standard InChI is InChI=1S/C10H12N4O2S3/c11-19(15,16)7-6-17-10-14-13-9(18-10)12-8-4-2-1-3-5-8/h1-5H,6-7H2,(H,12,13)(H2,11,15,16). The molecule has 19 heavy (non-hydrogen) atoms. The van der Waals surface area contributed by atoms with Crippen LogP contribution in [-0.2, 0) is 10.0 Å². The topological polar surface area (TPSA) is 98.0 Å². The van der Waals surface area contributed by atoms with E-state index < -0.39 is 10.0 Å². The molecule has 0 spiro atoms. The second kappa shape index (κ2) is 6.33. The summed E-state index contributed by atoms with van der Waals surface area (Å²) < 4.78 is 22.3. The molecular weight excluding hydrogens is 304 g/mol. The predicted octanol–water partition coefficient (Wildman–Crippen LogP) is 1.66. The van der Waals surface area contributed by atoms with Gasteiger partial charge in [0.15, 0.2) is 4.34 Å². The van der Waals surface area contributed by atoms with Crippen LogP contribution in [0.15, 0.2) is 34.7 Å². The van der Waals surface area contributed by atoms with E-state index in [0.29, 0.717) is 15.2 Å². The van der Waals surface area contributed by atoms with Crippen molar-refractivity contribution in [3.63, 3.8) is 0 Å². The van der Waals surface area contributed by atoms with E-state index in [0.717, 1.165) is 5.69 Å². The van der Waals surface area contributed by atoms with Crippen LogP contribution in [0.1, 0.15) is 0 Å². The van der Waals surface area contributed by atoms with E-state index in [1.807, 2.05) is 30.3 Å². The van der Waals surface area contributed by atoms with E-state index in [2.05, 4.69) is 15.5 Å². The molecule has 0 fully saturated rings. The fourth-order valence-electron chi connectivity index (χ4n) is 1.21. The number of primary sulfonamides is 1. The van der Waals surface area contributed by atoms with Crippen LogP contribution in [0.2, 0.25) is 0 Å². The highest BCUT2D eigenvalue weighted by atomic mass is 32.2. The second-order valence-electron chi connectivity index (χ2n) is 3.58. The molecule has 1 aromatic carbocycles. The summed E-state index contributed by atoms with van der Waals surface area (Å²) >= 11 is 2.70. The third-order valence-corrected chi connectivity index (χ3v) is 5.03. The molecule has 102 valence electrons. The molecular formula is C10H12N4O2S3. The van der Waals surface area contributed by atoms with Gasteiger partial charge in [-0.1, -0.05) is 41.3 Å². The molecule has 2 aromatic rings. The van der Waals surface area contributed by atoms with Crippen molar-refractivity contribution >= 4 is 43.9 Å². The summed E-state index contributed by atoms with van der Waals surface area (Å²) in [6.45, 7) is 0. The number of nitrogens with two attached hydrogens (primary N) is 1. The highest BCUT2D eigenvalue weighted by Crippen LogP contribution is 2.27. The highest BCUT2D eigenvalue weighted by molar-refractivity contribution is 8.02. The van der Waals surface area contributed by atoms with E-state index in [1.165, 1.54) is 23.1 Å². The molecule has 0 aliphatic carbocycles. The maximum atomic E-state index is 10.8. The lowest BCUT2D eigenvalue weighted by atomic mass is 10.3. The van der Waals surface area contributed by atoms with E-state index in [4.69, 9.17) is 5.14 Å². The minimum atomic E-state index is -3.42. The van der Waals surface area contributed by atoms with Crippen LogP contribution in [0.3, 0.4) is 0 Å². The molecule has 3 N–H and O–H groups in total. The normalized spacial score (nSPS) is 11.4. The van der Waals surface area contributed by atoms with Gasteiger partial charge in [-0.3, -0.25) is 0 Å². The van der Waals surface area contributed by atoms with Gasteiger partial charge in [-0.15, -0.1) is 10.2 Å². The lowest BCUT2D eigenvalue weighted by molar-refractivity contribution is 0.599. The van der Waals surface area contributed by atoms with Gasteiger partial charge in [-0.2, -0.15) is 0 Å². The van der Waals surface area contributed by atoms with E-state index in [1.54, 1.807) is 0 Å². The third-order valence-electron chi connectivity index (χ3n) is 2.02. The van der Waals surface area contributed by atoms with Crippen LogP contribution >= 0.6 is 23.1 Å². The van der Waals surface area contributed by atoms with Gasteiger partial charge in [0, 0.05) is 11.4 Å². The number of nitrogens with zero attached hydrogens (tertiary/aromatic N) is 2. The van der Waals surface area contributed by atoms with E-state index in [9.17, 15) is 8.42 Å². The Labute approximate surface area is 119 Å². The number of sulfonamides is 1. The largest absolute Gasteiger partial charge is 0.330 e.